The molecule has 3 atom stereocenters. The lowest BCUT2D eigenvalue weighted by Gasteiger charge is -2.43. The lowest BCUT2D eigenvalue weighted by atomic mass is 9.71. The van der Waals surface area contributed by atoms with Crippen molar-refractivity contribution >= 4 is 0 Å². The van der Waals surface area contributed by atoms with Crippen LogP contribution in [0, 0.1) is 5.92 Å². The molecule has 0 saturated heterocycles. The normalized spacial score (nSPS) is 26.9. The molecule has 0 radical (unpaired) electrons. The van der Waals surface area contributed by atoms with Gasteiger partial charge in [0.15, 0.2) is 0 Å². The lowest BCUT2D eigenvalue weighted by molar-refractivity contribution is 0.0165. The van der Waals surface area contributed by atoms with E-state index in [2.05, 4.69) is 0 Å². The Morgan fingerprint density at radius 3 is 2.68 bits per heavy atom. The number of rotatable bonds is 2. The number of hydrogen-bond donors (Lipinski definition) is 3. The van der Waals surface area contributed by atoms with Crippen LogP contribution < -0.4 is 9.47 Å². The van der Waals surface area contributed by atoms with Crippen LogP contribution in [0.2, 0.25) is 0 Å². The minimum atomic E-state index is -1.46. The number of hydrogen-bond acceptors (Lipinski definition) is 5. The molecule has 5 heteroatoms. The number of aliphatic hydroxyl groups excluding tert-OH is 1. The van der Waals surface area contributed by atoms with Gasteiger partial charge in [-0.1, -0.05) is 30.4 Å². The summed E-state index contributed by atoms with van der Waals surface area (Å²) < 4.78 is 11.3. The first-order valence-corrected chi connectivity index (χ1v) is 7.99. The van der Waals surface area contributed by atoms with Gasteiger partial charge >= 0.3 is 0 Å². The summed E-state index contributed by atoms with van der Waals surface area (Å²) in [5.74, 6) is 0.834. The summed E-state index contributed by atoms with van der Waals surface area (Å²) in [7, 11) is 1.55. The summed E-state index contributed by atoms with van der Waals surface area (Å²) in [6, 6.07) is 11.9. The van der Waals surface area contributed by atoms with Gasteiger partial charge in [-0.25, -0.2) is 0 Å². The van der Waals surface area contributed by atoms with Gasteiger partial charge in [-0.15, -0.1) is 0 Å². The maximum absolute atomic E-state index is 11.9. The molecule has 128 valence electrons. The first-order chi connectivity index (χ1) is 12.0. The maximum Gasteiger partial charge on any atom is 0.137 e. The van der Waals surface area contributed by atoms with Crippen molar-refractivity contribution < 1.29 is 24.8 Å². The molecular weight excluding hydrogens is 320 g/mol. The molecule has 2 aromatic rings. The summed E-state index contributed by atoms with van der Waals surface area (Å²) in [5, 5.41) is 31.6. The number of methoxy groups -OCH3 is 1. The standard InChI is InChI=1S/C20H18O5/c1-24-17-5-3-2-4-14(17)20(23)15-8-6-12(21)10-18(15)25-19-11-13(22)7-9-16(19)20/h2-12,15,21-23H,1H3. The highest BCUT2D eigenvalue weighted by atomic mass is 16.5. The summed E-state index contributed by atoms with van der Waals surface area (Å²) >= 11 is 0. The monoisotopic (exact) mass is 338 g/mol. The SMILES string of the molecule is COc1ccccc1C1(O)c2ccc(O)cc2OC2=CC(O)C=CC21. The first-order valence-electron chi connectivity index (χ1n) is 7.99. The van der Waals surface area contributed by atoms with Gasteiger partial charge in [0.2, 0.25) is 0 Å². The molecule has 0 aromatic heterocycles. The van der Waals surface area contributed by atoms with Crippen molar-refractivity contribution in [3.63, 3.8) is 0 Å². The second-order valence-corrected chi connectivity index (χ2v) is 6.17. The molecule has 0 fully saturated rings. The zero-order valence-electron chi connectivity index (χ0n) is 13.6. The molecule has 25 heavy (non-hydrogen) atoms. The zero-order chi connectivity index (χ0) is 17.6. The topological polar surface area (TPSA) is 79.2 Å². The Morgan fingerprint density at radius 1 is 1.08 bits per heavy atom. The fraction of sp³-hybridized carbons (Fsp3) is 0.200. The van der Waals surface area contributed by atoms with Gasteiger partial charge in [0.05, 0.1) is 19.1 Å². The van der Waals surface area contributed by atoms with E-state index in [0.29, 0.717) is 28.4 Å². The van der Waals surface area contributed by atoms with E-state index < -0.39 is 17.6 Å². The second-order valence-electron chi connectivity index (χ2n) is 6.17. The van der Waals surface area contributed by atoms with Crippen LogP contribution >= 0.6 is 0 Å². The predicted molar refractivity (Wildman–Crippen MR) is 91.4 cm³/mol. The Balaban J connectivity index is 2.01. The molecule has 2 aromatic carbocycles. The molecule has 0 bridgehead atoms. The summed E-state index contributed by atoms with van der Waals surface area (Å²) in [6.45, 7) is 0. The number of aromatic hydroxyl groups is 1. The average molecular weight is 338 g/mol. The molecule has 1 heterocycles. The molecule has 1 aliphatic carbocycles. The third kappa shape index (κ3) is 2.32. The fourth-order valence-corrected chi connectivity index (χ4v) is 3.57. The van der Waals surface area contributed by atoms with Crippen molar-refractivity contribution in [3.05, 3.63) is 77.6 Å². The van der Waals surface area contributed by atoms with Gasteiger partial charge in [-0.2, -0.15) is 0 Å². The number of phenolic OH excluding ortho intramolecular Hbond substituents is 1. The second kappa shape index (κ2) is 5.65. The van der Waals surface area contributed by atoms with Crippen LogP contribution in [0.3, 0.4) is 0 Å². The third-order valence-corrected chi connectivity index (χ3v) is 4.71. The van der Waals surface area contributed by atoms with Crippen molar-refractivity contribution in [1.29, 1.82) is 0 Å². The minimum absolute atomic E-state index is 0.0343. The molecule has 2 aliphatic rings. The van der Waals surface area contributed by atoms with Crippen LogP contribution in [0.15, 0.2) is 66.5 Å². The number of benzene rings is 2. The number of phenols is 1. The molecule has 3 N–H and O–H groups in total. The van der Waals surface area contributed by atoms with Gasteiger partial charge < -0.3 is 24.8 Å². The molecule has 1 aliphatic heterocycles. The van der Waals surface area contributed by atoms with E-state index in [1.165, 1.54) is 12.1 Å². The zero-order valence-corrected chi connectivity index (χ0v) is 13.6. The van der Waals surface area contributed by atoms with E-state index in [1.54, 1.807) is 43.5 Å². The average Bonchev–Trinajstić information content (AvgIpc) is 2.61. The molecule has 5 nitrogen and oxygen atoms in total. The molecule has 0 saturated carbocycles. The Bertz CT molecular complexity index is 885. The third-order valence-electron chi connectivity index (χ3n) is 4.71. The molecule has 0 amide bonds. The van der Waals surface area contributed by atoms with Gasteiger partial charge in [-0.3, -0.25) is 0 Å². The van der Waals surface area contributed by atoms with Crippen molar-refractivity contribution in [2.24, 2.45) is 5.92 Å². The smallest absolute Gasteiger partial charge is 0.137 e. The van der Waals surface area contributed by atoms with E-state index in [-0.39, 0.29) is 5.75 Å². The number of ether oxygens (including phenoxy) is 2. The highest BCUT2D eigenvalue weighted by molar-refractivity contribution is 5.57. The van der Waals surface area contributed by atoms with Crippen LogP contribution in [0.25, 0.3) is 0 Å². The Labute approximate surface area is 145 Å². The van der Waals surface area contributed by atoms with Gasteiger partial charge in [0.25, 0.3) is 0 Å². The van der Waals surface area contributed by atoms with Gasteiger partial charge in [0.1, 0.15) is 28.6 Å². The summed E-state index contributed by atoms with van der Waals surface area (Å²) in [4.78, 5) is 0. The number of aliphatic hydroxyl groups is 2. The Morgan fingerprint density at radius 2 is 1.88 bits per heavy atom. The maximum atomic E-state index is 11.9. The summed E-state index contributed by atoms with van der Waals surface area (Å²) in [5.41, 5.74) is -0.348. The molecule has 4 rings (SSSR count). The van der Waals surface area contributed by atoms with Crippen molar-refractivity contribution in [3.8, 4) is 17.2 Å². The summed E-state index contributed by atoms with van der Waals surface area (Å²) in [6.07, 6.45) is 4.12. The van der Waals surface area contributed by atoms with Crippen LogP contribution in [-0.2, 0) is 5.60 Å². The van der Waals surface area contributed by atoms with E-state index in [1.807, 2.05) is 12.1 Å². The van der Waals surface area contributed by atoms with E-state index in [0.717, 1.165) is 0 Å². The van der Waals surface area contributed by atoms with E-state index >= 15 is 0 Å². The number of para-hydroxylation sites is 1. The van der Waals surface area contributed by atoms with Crippen LogP contribution in [-0.4, -0.2) is 28.5 Å². The lowest BCUT2D eigenvalue weighted by Crippen LogP contribution is -2.42. The van der Waals surface area contributed by atoms with Crippen LogP contribution in [0.5, 0.6) is 17.2 Å². The first kappa shape index (κ1) is 15.7. The largest absolute Gasteiger partial charge is 0.508 e. The highest BCUT2D eigenvalue weighted by Gasteiger charge is 2.49. The predicted octanol–water partition coefficient (Wildman–Crippen LogP) is 2.46. The minimum Gasteiger partial charge on any atom is -0.508 e. The molecular formula is C20H18O5. The fourth-order valence-electron chi connectivity index (χ4n) is 3.57. The van der Waals surface area contributed by atoms with E-state index in [9.17, 15) is 15.3 Å². The van der Waals surface area contributed by atoms with Gasteiger partial charge in [-0.05, 0) is 24.3 Å². The Kier molecular flexibility index (Phi) is 3.56. The number of fused-ring (bicyclic) bond motifs is 2. The Hall–Kier alpha value is -2.76. The highest BCUT2D eigenvalue weighted by Crippen LogP contribution is 2.52. The quantitative estimate of drug-likeness (QED) is 0.733. The van der Waals surface area contributed by atoms with Crippen LogP contribution in [0.1, 0.15) is 11.1 Å². The molecule has 3 unspecified atom stereocenters. The van der Waals surface area contributed by atoms with Crippen molar-refractivity contribution in [2.75, 3.05) is 7.11 Å². The van der Waals surface area contributed by atoms with E-state index in [4.69, 9.17) is 9.47 Å². The van der Waals surface area contributed by atoms with Crippen LogP contribution in [0.4, 0.5) is 0 Å². The van der Waals surface area contributed by atoms with Crippen molar-refractivity contribution in [2.45, 2.75) is 11.7 Å². The van der Waals surface area contributed by atoms with Crippen molar-refractivity contribution in [1.82, 2.24) is 0 Å². The van der Waals surface area contributed by atoms with Gasteiger partial charge in [0, 0.05) is 17.2 Å². The molecule has 0 spiro atoms.